The van der Waals surface area contributed by atoms with Crippen molar-refractivity contribution in [2.24, 2.45) is 0 Å². The van der Waals surface area contributed by atoms with Crippen LogP contribution >= 0.6 is 0 Å². The van der Waals surface area contributed by atoms with E-state index in [1.807, 2.05) is 30.3 Å². The van der Waals surface area contributed by atoms with Crippen LogP contribution in [0.15, 0.2) is 42.5 Å². The summed E-state index contributed by atoms with van der Waals surface area (Å²) in [5.74, 6) is 2.42. The maximum atomic E-state index is 9.67. The van der Waals surface area contributed by atoms with Crippen LogP contribution in [0, 0.1) is 13.8 Å². The second-order valence-corrected chi connectivity index (χ2v) is 5.92. The van der Waals surface area contributed by atoms with Crippen molar-refractivity contribution in [2.45, 2.75) is 21.3 Å². The van der Waals surface area contributed by atoms with E-state index >= 15 is 0 Å². The number of aryl methyl sites for hydroxylation is 2. The maximum Gasteiger partial charge on any atom is 0.762 e. The van der Waals surface area contributed by atoms with Crippen LogP contribution in [0.25, 0.3) is 16.5 Å². The van der Waals surface area contributed by atoms with Crippen molar-refractivity contribution in [1.82, 2.24) is 0 Å². The molecule has 0 aliphatic heterocycles. The van der Waals surface area contributed by atoms with Gasteiger partial charge in [0.1, 0.15) is 11.5 Å². The summed E-state index contributed by atoms with van der Waals surface area (Å²) in [6.45, 7) is 4.18. The summed E-state index contributed by atoms with van der Waals surface area (Å²) in [5.41, 5.74) is 3.21. The van der Waals surface area contributed by atoms with Crippen molar-refractivity contribution >= 4 is 18.3 Å². The highest BCUT2D eigenvalue weighted by Crippen LogP contribution is 2.33. The van der Waals surface area contributed by atoms with Gasteiger partial charge in [-0.3, -0.25) is 12.9 Å². The summed E-state index contributed by atoms with van der Waals surface area (Å²) in [6.07, 6.45) is 0. The Morgan fingerprint density at radius 3 is 1.93 bits per heavy atom. The molecule has 1 aromatic heterocycles. The molecule has 1 heterocycles. The van der Waals surface area contributed by atoms with Gasteiger partial charge in [0.25, 0.3) is 5.69 Å². The Hall–Kier alpha value is -2.97. The first-order valence-corrected chi connectivity index (χ1v) is 8.47. The number of nitrogens with zero attached hydrogens (tertiary/aromatic N) is 1. The molecule has 0 radical (unpaired) electrons. The van der Waals surface area contributed by atoms with E-state index in [-0.39, 0.29) is 12.1 Å². The van der Waals surface area contributed by atoms with E-state index in [0.717, 1.165) is 45.1 Å². The number of rotatable bonds is 4. The minimum Gasteiger partial charge on any atom is -1.00 e. The number of pyridine rings is 1. The van der Waals surface area contributed by atoms with Gasteiger partial charge in [-0.2, -0.15) is 4.57 Å². The third kappa shape index (κ3) is 5.78. The number of methoxy groups -OCH3 is 3. The van der Waals surface area contributed by atoms with Crippen molar-refractivity contribution in [3.05, 3.63) is 53.9 Å². The number of ether oxygens (including phenoxy) is 3. The molecule has 0 saturated carbocycles. The molecule has 0 atom stereocenters. The molecule has 0 spiro atoms. The molecule has 4 nitrogen and oxygen atoms in total. The third-order valence-corrected chi connectivity index (χ3v) is 4.30. The van der Waals surface area contributed by atoms with Gasteiger partial charge in [0.05, 0.1) is 26.7 Å². The molecule has 3 aromatic rings. The van der Waals surface area contributed by atoms with Crippen LogP contribution in [0.3, 0.4) is 0 Å². The summed E-state index contributed by atoms with van der Waals surface area (Å²) in [4.78, 5) is 0. The number of benzene rings is 2. The fourth-order valence-electron chi connectivity index (χ4n) is 3.24. The quantitative estimate of drug-likeness (QED) is 0.364. The van der Waals surface area contributed by atoms with Gasteiger partial charge >= 0.3 is 7.54 Å². The molecule has 0 fully saturated rings. The zero-order valence-electron chi connectivity index (χ0n) is 16.8. The highest BCUT2D eigenvalue weighted by Gasteiger charge is 2.24. The van der Waals surface area contributed by atoms with Gasteiger partial charge in [-0.25, -0.2) is 0 Å². The van der Waals surface area contributed by atoms with E-state index in [1.165, 1.54) is 0 Å². The fourth-order valence-corrected chi connectivity index (χ4v) is 3.24. The molecule has 164 valence electrons. The van der Waals surface area contributed by atoms with Gasteiger partial charge in [0.2, 0.25) is 0 Å². The van der Waals surface area contributed by atoms with Crippen molar-refractivity contribution < 1.29 is 36.4 Å². The van der Waals surface area contributed by atoms with E-state index in [0.29, 0.717) is 0 Å². The molecule has 30 heavy (non-hydrogen) atoms. The molecule has 0 amide bonds. The molecule has 0 aliphatic carbocycles. The second kappa shape index (κ2) is 11.9. The lowest BCUT2D eigenvalue weighted by atomic mass is 10.1. The molecule has 0 unspecified atom stereocenters. The topological polar surface area (TPSA) is 31.6 Å². The first-order chi connectivity index (χ1) is 13.3. The molecule has 0 N–H and O–H groups in total. The Kier molecular flexibility index (Phi) is 10.7. The predicted molar refractivity (Wildman–Crippen MR) is 110 cm³/mol. The molecule has 0 aliphatic rings. The molecular formula is C21H26BF4NO3. The number of aromatic nitrogens is 1. The number of hydrogen-bond donors (Lipinski definition) is 0. The largest absolute Gasteiger partial charge is 1.00 e. The van der Waals surface area contributed by atoms with Crippen LogP contribution in [0.2, 0.25) is 0 Å². The SMILES string of the molecule is C.COc1cc(OC)c2c(C)[n+](-c3ccccc3OC)c(C)cc2c1.FB(F)F.[F-]. The Morgan fingerprint density at radius 1 is 0.833 bits per heavy atom. The third-order valence-electron chi connectivity index (χ3n) is 4.30. The van der Waals surface area contributed by atoms with Gasteiger partial charge in [0.15, 0.2) is 17.1 Å². The minimum atomic E-state index is -3.67. The monoisotopic (exact) mass is 427 g/mol. The molecule has 3 rings (SSSR count). The van der Waals surface area contributed by atoms with E-state index < -0.39 is 7.54 Å². The average molecular weight is 427 g/mol. The Labute approximate surface area is 174 Å². The van der Waals surface area contributed by atoms with Crippen molar-refractivity contribution in [3.63, 3.8) is 0 Å². The van der Waals surface area contributed by atoms with Gasteiger partial charge < -0.3 is 18.9 Å². The summed E-state index contributed by atoms with van der Waals surface area (Å²) >= 11 is 0. The van der Waals surface area contributed by atoms with Crippen LogP contribution < -0.4 is 23.5 Å². The molecule has 0 bridgehead atoms. The second-order valence-electron chi connectivity index (χ2n) is 5.92. The minimum absolute atomic E-state index is 0. The smallest absolute Gasteiger partial charge is 0.762 e. The molecule has 2 aromatic carbocycles. The molecule has 9 heteroatoms. The number of para-hydroxylation sites is 2. The zero-order chi connectivity index (χ0) is 20.8. The maximum absolute atomic E-state index is 9.67. The number of halogens is 4. The standard InChI is InChI=1S/C20H22NO3.CH4.BF3.FH/c1-13-10-15-11-16(22-3)12-19(24-5)20(15)14(2)21(13)17-8-6-7-9-18(17)23-4;;2-1(3)4;/h6-12H,1-5H3;1H4;;1H/q+1;;;/p-1. The molecule has 0 saturated heterocycles. The van der Waals surface area contributed by atoms with E-state index in [4.69, 9.17) is 14.2 Å². The van der Waals surface area contributed by atoms with Crippen LogP contribution in [0.4, 0.5) is 12.9 Å². The number of fused-ring (bicyclic) bond motifs is 1. The van der Waals surface area contributed by atoms with E-state index in [1.54, 1.807) is 21.3 Å². The van der Waals surface area contributed by atoms with Crippen LogP contribution in [-0.2, 0) is 0 Å². The summed E-state index contributed by atoms with van der Waals surface area (Å²) in [7, 11) is 1.37. The normalized spacial score (nSPS) is 9.47. The first-order valence-electron chi connectivity index (χ1n) is 8.47. The number of hydrogen-bond acceptors (Lipinski definition) is 3. The lowest BCUT2D eigenvalue weighted by molar-refractivity contribution is -0.608. The van der Waals surface area contributed by atoms with Crippen LogP contribution in [0.5, 0.6) is 17.2 Å². The van der Waals surface area contributed by atoms with E-state index in [9.17, 15) is 12.9 Å². The first kappa shape index (κ1) is 27.0. The predicted octanol–water partition coefficient (Wildman–Crippen LogP) is 2.28. The van der Waals surface area contributed by atoms with Crippen molar-refractivity contribution in [1.29, 1.82) is 0 Å². The van der Waals surface area contributed by atoms with E-state index in [2.05, 4.69) is 30.5 Å². The fraction of sp³-hybridized carbons (Fsp3) is 0.286. The van der Waals surface area contributed by atoms with Gasteiger partial charge in [-0.15, -0.1) is 0 Å². The Morgan fingerprint density at radius 2 is 1.40 bits per heavy atom. The lowest BCUT2D eigenvalue weighted by Crippen LogP contribution is -3.00. The summed E-state index contributed by atoms with van der Waals surface area (Å²) in [5, 5.41) is 2.15. The van der Waals surface area contributed by atoms with Crippen LogP contribution in [-0.4, -0.2) is 28.9 Å². The Balaban J connectivity index is 0.00000129. The summed E-state index contributed by atoms with van der Waals surface area (Å²) < 4.78 is 47.7. The van der Waals surface area contributed by atoms with Gasteiger partial charge in [0, 0.05) is 37.4 Å². The Bertz CT molecular complexity index is 968. The average Bonchev–Trinajstić information content (AvgIpc) is 2.66. The highest BCUT2D eigenvalue weighted by atomic mass is 19.4. The summed E-state index contributed by atoms with van der Waals surface area (Å²) in [6, 6.07) is 14.1. The highest BCUT2D eigenvalue weighted by molar-refractivity contribution is 6.33. The van der Waals surface area contributed by atoms with Gasteiger partial charge in [-0.1, -0.05) is 19.6 Å². The van der Waals surface area contributed by atoms with Gasteiger partial charge in [-0.05, 0) is 12.1 Å². The lowest BCUT2D eigenvalue weighted by Gasteiger charge is -2.13. The van der Waals surface area contributed by atoms with Crippen molar-refractivity contribution in [3.8, 4) is 22.9 Å². The van der Waals surface area contributed by atoms with Crippen molar-refractivity contribution in [2.75, 3.05) is 21.3 Å². The zero-order valence-corrected chi connectivity index (χ0v) is 16.8. The van der Waals surface area contributed by atoms with Crippen LogP contribution in [0.1, 0.15) is 18.8 Å². The molecular weight excluding hydrogens is 401 g/mol.